The normalized spacial score (nSPS) is 15.7. The van der Waals surface area contributed by atoms with E-state index in [0.717, 1.165) is 75.1 Å². The standard InChI is InChI=1S/C28H44N6O4/c1-4-38-17-24-31-25-26(34(24)18-28(2,19-35)20-36)22-8-7-21(16-23(22)30-27(25)29)6-5-9-32-10-12-33(13-11-32)14-15-37-3/h7-8,16,35-36H,4-6,9-15,17-20H2,1-3H3,(H2,29,30). The summed E-state index contributed by atoms with van der Waals surface area (Å²) in [6.07, 6.45) is 2.06. The molecule has 4 N–H and O–H groups in total. The molecule has 1 aliphatic heterocycles. The Morgan fingerprint density at radius 1 is 1.05 bits per heavy atom. The number of aryl methyl sites for hydroxylation is 1. The first-order valence-corrected chi connectivity index (χ1v) is 13.7. The molecule has 1 fully saturated rings. The molecule has 1 aliphatic rings. The highest BCUT2D eigenvalue weighted by Crippen LogP contribution is 2.32. The van der Waals surface area contributed by atoms with Gasteiger partial charge in [-0.25, -0.2) is 9.97 Å². The number of methoxy groups -OCH3 is 1. The van der Waals surface area contributed by atoms with Crippen LogP contribution in [0.4, 0.5) is 5.82 Å². The van der Waals surface area contributed by atoms with Crippen molar-refractivity contribution in [2.75, 3.05) is 78.5 Å². The van der Waals surface area contributed by atoms with Gasteiger partial charge in [0.1, 0.15) is 17.9 Å². The first-order valence-electron chi connectivity index (χ1n) is 13.7. The molecule has 10 heteroatoms. The Morgan fingerprint density at radius 3 is 2.42 bits per heavy atom. The van der Waals surface area contributed by atoms with Crippen molar-refractivity contribution in [1.82, 2.24) is 24.3 Å². The number of nitrogens with two attached hydrogens (primary N) is 1. The monoisotopic (exact) mass is 528 g/mol. The Balaban J connectivity index is 1.53. The topological polar surface area (TPSA) is 122 Å². The molecule has 1 saturated heterocycles. The van der Waals surface area contributed by atoms with Crippen molar-refractivity contribution >= 4 is 27.8 Å². The molecule has 0 radical (unpaired) electrons. The zero-order valence-corrected chi connectivity index (χ0v) is 23.2. The number of hydrogen-bond donors (Lipinski definition) is 3. The van der Waals surface area contributed by atoms with Crippen LogP contribution in [0.25, 0.3) is 21.9 Å². The highest BCUT2D eigenvalue weighted by molar-refractivity contribution is 6.06. The van der Waals surface area contributed by atoms with E-state index in [1.165, 1.54) is 5.56 Å². The minimum atomic E-state index is -0.714. The van der Waals surface area contributed by atoms with Crippen molar-refractivity contribution in [3.05, 3.63) is 29.6 Å². The van der Waals surface area contributed by atoms with Gasteiger partial charge in [0.15, 0.2) is 5.82 Å². The van der Waals surface area contributed by atoms with Gasteiger partial charge in [-0.1, -0.05) is 19.1 Å². The van der Waals surface area contributed by atoms with Gasteiger partial charge < -0.3 is 34.9 Å². The summed E-state index contributed by atoms with van der Waals surface area (Å²) in [4.78, 5) is 14.5. The number of nitrogens with zero attached hydrogens (tertiary/aromatic N) is 5. The van der Waals surface area contributed by atoms with Gasteiger partial charge in [-0.05, 0) is 37.9 Å². The summed E-state index contributed by atoms with van der Waals surface area (Å²) in [5.41, 5.74) is 9.25. The molecule has 210 valence electrons. The molecule has 0 unspecified atom stereocenters. The zero-order valence-electron chi connectivity index (χ0n) is 23.2. The molecule has 38 heavy (non-hydrogen) atoms. The van der Waals surface area contributed by atoms with Crippen molar-refractivity contribution in [1.29, 1.82) is 0 Å². The number of nitrogen functional groups attached to an aromatic ring is 1. The second kappa shape index (κ2) is 13.1. The number of aliphatic hydroxyl groups excluding tert-OH is 2. The summed E-state index contributed by atoms with van der Waals surface area (Å²) in [5, 5.41) is 20.9. The minimum absolute atomic E-state index is 0.151. The molecular formula is C28H44N6O4. The summed E-state index contributed by atoms with van der Waals surface area (Å²) < 4.78 is 12.9. The predicted molar refractivity (Wildman–Crippen MR) is 150 cm³/mol. The summed E-state index contributed by atoms with van der Waals surface area (Å²) in [6, 6.07) is 6.40. The average Bonchev–Trinajstić information content (AvgIpc) is 3.29. The van der Waals surface area contributed by atoms with Crippen LogP contribution in [0, 0.1) is 5.41 Å². The number of aromatic nitrogens is 3. The lowest BCUT2D eigenvalue weighted by Gasteiger charge is -2.34. The molecule has 0 bridgehead atoms. The molecule has 4 rings (SSSR count). The first-order chi connectivity index (χ1) is 18.4. The number of imidazole rings is 1. The van der Waals surface area contributed by atoms with E-state index in [1.54, 1.807) is 7.11 Å². The Kier molecular flexibility index (Phi) is 9.91. The molecule has 2 aromatic heterocycles. The Morgan fingerprint density at radius 2 is 1.76 bits per heavy atom. The minimum Gasteiger partial charge on any atom is -0.396 e. The van der Waals surface area contributed by atoms with Crippen LogP contribution in [0.15, 0.2) is 18.2 Å². The van der Waals surface area contributed by atoms with E-state index in [2.05, 4.69) is 28.0 Å². The van der Waals surface area contributed by atoms with Crippen molar-refractivity contribution in [2.24, 2.45) is 5.41 Å². The van der Waals surface area contributed by atoms with Crippen molar-refractivity contribution < 1.29 is 19.7 Å². The van der Waals surface area contributed by atoms with Crippen LogP contribution in [-0.2, 0) is 29.0 Å². The molecular weight excluding hydrogens is 484 g/mol. The SMILES string of the molecule is CCOCc1nc2c(N)nc3cc(CCCN4CCN(CCOC)CC4)ccc3c2n1CC(C)(CO)CO. The van der Waals surface area contributed by atoms with Crippen LogP contribution in [0.2, 0.25) is 0 Å². The summed E-state index contributed by atoms with van der Waals surface area (Å²) >= 11 is 0. The largest absolute Gasteiger partial charge is 0.396 e. The molecule has 0 spiro atoms. The summed E-state index contributed by atoms with van der Waals surface area (Å²) in [5.74, 6) is 1.09. The average molecular weight is 529 g/mol. The van der Waals surface area contributed by atoms with Crippen molar-refractivity contribution in [2.45, 2.75) is 39.8 Å². The van der Waals surface area contributed by atoms with Gasteiger partial charge in [0.2, 0.25) is 0 Å². The zero-order chi connectivity index (χ0) is 27.1. The first kappa shape index (κ1) is 28.7. The number of pyridine rings is 1. The highest BCUT2D eigenvalue weighted by atomic mass is 16.5. The second-order valence-electron chi connectivity index (χ2n) is 10.7. The fourth-order valence-corrected chi connectivity index (χ4v) is 5.13. The molecule has 0 amide bonds. The fourth-order valence-electron chi connectivity index (χ4n) is 5.13. The number of ether oxygens (including phenoxy) is 2. The van der Waals surface area contributed by atoms with Gasteiger partial charge in [0.25, 0.3) is 0 Å². The van der Waals surface area contributed by atoms with E-state index >= 15 is 0 Å². The van der Waals surface area contributed by atoms with Crippen LogP contribution >= 0.6 is 0 Å². The van der Waals surface area contributed by atoms with E-state index in [0.29, 0.717) is 36.9 Å². The molecule has 10 nitrogen and oxygen atoms in total. The molecule has 0 atom stereocenters. The maximum Gasteiger partial charge on any atom is 0.152 e. The third-order valence-corrected chi connectivity index (χ3v) is 7.60. The molecule has 0 saturated carbocycles. The van der Waals surface area contributed by atoms with Crippen LogP contribution in [0.5, 0.6) is 0 Å². The number of hydrogen-bond acceptors (Lipinski definition) is 9. The van der Waals surface area contributed by atoms with Gasteiger partial charge >= 0.3 is 0 Å². The van der Waals surface area contributed by atoms with E-state index in [4.69, 9.17) is 25.2 Å². The van der Waals surface area contributed by atoms with Gasteiger partial charge in [-0.3, -0.25) is 4.90 Å². The number of aliphatic hydroxyl groups is 2. The second-order valence-corrected chi connectivity index (χ2v) is 10.7. The third-order valence-electron chi connectivity index (χ3n) is 7.60. The number of piperazine rings is 1. The lowest BCUT2D eigenvalue weighted by atomic mass is 9.92. The van der Waals surface area contributed by atoms with E-state index in [9.17, 15) is 10.2 Å². The van der Waals surface area contributed by atoms with Crippen molar-refractivity contribution in [3.63, 3.8) is 0 Å². The Hall–Kier alpha value is -2.34. The van der Waals surface area contributed by atoms with Crippen LogP contribution in [-0.4, -0.2) is 107 Å². The lowest BCUT2D eigenvalue weighted by Crippen LogP contribution is -2.47. The van der Waals surface area contributed by atoms with Crippen molar-refractivity contribution in [3.8, 4) is 0 Å². The maximum absolute atomic E-state index is 9.98. The highest BCUT2D eigenvalue weighted by Gasteiger charge is 2.27. The van der Waals surface area contributed by atoms with Crippen LogP contribution in [0.3, 0.4) is 0 Å². The summed E-state index contributed by atoms with van der Waals surface area (Å²) in [7, 11) is 1.76. The maximum atomic E-state index is 9.98. The quantitative estimate of drug-likeness (QED) is 0.288. The van der Waals surface area contributed by atoms with Gasteiger partial charge in [0, 0.05) is 63.8 Å². The fraction of sp³-hybridized carbons (Fsp3) is 0.643. The van der Waals surface area contributed by atoms with Crippen LogP contribution < -0.4 is 5.73 Å². The summed E-state index contributed by atoms with van der Waals surface area (Å²) in [6.45, 7) is 12.0. The molecule has 3 heterocycles. The Labute approximate surface area is 225 Å². The number of fused-ring (bicyclic) bond motifs is 3. The number of rotatable bonds is 14. The van der Waals surface area contributed by atoms with E-state index in [1.807, 2.05) is 18.4 Å². The van der Waals surface area contributed by atoms with Gasteiger partial charge in [-0.2, -0.15) is 0 Å². The molecule has 0 aliphatic carbocycles. The van der Waals surface area contributed by atoms with Gasteiger partial charge in [-0.15, -0.1) is 0 Å². The molecule has 3 aromatic rings. The Bertz CT molecular complexity index is 1190. The van der Waals surface area contributed by atoms with E-state index in [-0.39, 0.29) is 13.2 Å². The lowest BCUT2D eigenvalue weighted by molar-refractivity contribution is 0.0530. The smallest absolute Gasteiger partial charge is 0.152 e. The van der Waals surface area contributed by atoms with E-state index < -0.39 is 5.41 Å². The van der Waals surface area contributed by atoms with Gasteiger partial charge in [0.05, 0.1) is 30.9 Å². The molecule has 1 aromatic carbocycles. The number of anilines is 1. The number of benzene rings is 1. The third kappa shape index (κ3) is 6.62. The predicted octanol–water partition coefficient (Wildman–Crippen LogP) is 1.89. The van der Waals surface area contributed by atoms with Crippen LogP contribution in [0.1, 0.15) is 31.7 Å².